The van der Waals surface area contributed by atoms with Crippen molar-refractivity contribution in [3.05, 3.63) is 84.2 Å². The van der Waals surface area contributed by atoms with Crippen LogP contribution in [-0.2, 0) is 19.7 Å². The molecule has 0 aliphatic rings. The summed E-state index contributed by atoms with van der Waals surface area (Å²) in [7, 11) is 0. The molecule has 1 aromatic heterocycles. The molecule has 2 N–H and O–H groups in total. The van der Waals surface area contributed by atoms with Gasteiger partial charge in [-0.15, -0.1) is 24.0 Å². The minimum absolute atomic E-state index is 0. The Morgan fingerprint density at radius 3 is 2.60 bits per heavy atom. The zero-order valence-electron chi connectivity index (χ0n) is 17.3. The molecule has 0 radical (unpaired) electrons. The summed E-state index contributed by atoms with van der Waals surface area (Å²) in [5.41, 5.74) is 2.22. The molecule has 7 heteroatoms. The Labute approximate surface area is 195 Å². The number of nitrogens with zero attached hydrogens (tertiary/aromatic N) is 3. The van der Waals surface area contributed by atoms with Crippen molar-refractivity contribution in [1.29, 1.82) is 0 Å². The third-order valence-electron chi connectivity index (χ3n) is 4.38. The van der Waals surface area contributed by atoms with Gasteiger partial charge in [0, 0.05) is 37.6 Å². The van der Waals surface area contributed by atoms with E-state index in [-0.39, 0.29) is 24.0 Å². The van der Waals surface area contributed by atoms with Crippen LogP contribution in [0.15, 0.2) is 78.0 Å². The number of aromatic nitrogens is 2. The summed E-state index contributed by atoms with van der Waals surface area (Å²) in [5, 5.41) is 10.9. The van der Waals surface area contributed by atoms with Crippen molar-refractivity contribution in [2.75, 3.05) is 13.1 Å². The van der Waals surface area contributed by atoms with Crippen LogP contribution in [0.3, 0.4) is 0 Å². The van der Waals surface area contributed by atoms with E-state index < -0.39 is 0 Å². The first kappa shape index (κ1) is 23.7. The van der Waals surface area contributed by atoms with Gasteiger partial charge < -0.3 is 15.4 Å². The van der Waals surface area contributed by atoms with Crippen LogP contribution in [0.4, 0.5) is 0 Å². The molecule has 30 heavy (non-hydrogen) atoms. The lowest BCUT2D eigenvalue weighted by Gasteiger charge is -2.13. The van der Waals surface area contributed by atoms with Crippen LogP contribution in [0.1, 0.15) is 24.5 Å². The van der Waals surface area contributed by atoms with Crippen molar-refractivity contribution in [3.63, 3.8) is 0 Å². The molecule has 0 aliphatic heterocycles. The molecule has 160 valence electrons. The van der Waals surface area contributed by atoms with E-state index in [1.165, 1.54) is 0 Å². The van der Waals surface area contributed by atoms with E-state index in [1.54, 1.807) is 6.20 Å². The average Bonchev–Trinajstić information content (AvgIpc) is 3.28. The quantitative estimate of drug-likeness (QED) is 0.182. The maximum absolute atomic E-state index is 6.04. The lowest BCUT2D eigenvalue weighted by molar-refractivity contribution is 0.303. The van der Waals surface area contributed by atoms with Crippen molar-refractivity contribution in [2.45, 2.75) is 33.0 Å². The highest BCUT2D eigenvalue weighted by atomic mass is 127. The predicted molar refractivity (Wildman–Crippen MR) is 132 cm³/mol. The Morgan fingerprint density at radius 2 is 1.83 bits per heavy atom. The molecule has 3 aromatic rings. The first-order chi connectivity index (χ1) is 14.3. The molecule has 0 fully saturated rings. The summed E-state index contributed by atoms with van der Waals surface area (Å²) in [4.78, 5) is 4.73. The SMILES string of the molecule is CCNC(=NCc1ccccc1OCc1ccccc1)NCCCn1cccn1.I. The van der Waals surface area contributed by atoms with Crippen molar-refractivity contribution >= 4 is 29.9 Å². The number of para-hydroxylation sites is 1. The van der Waals surface area contributed by atoms with Gasteiger partial charge in [-0.1, -0.05) is 48.5 Å². The van der Waals surface area contributed by atoms with Crippen LogP contribution in [0.25, 0.3) is 0 Å². The summed E-state index contributed by atoms with van der Waals surface area (Å²) in [6.45, 7) is 5.70. The van der Waals surface area contributed by atoms with Crippen LogP contribution >= 0.6 is 24.0 Å². The van der Waals surface area contributed by atoms with Gasteiger partial charge in [0.15, 0.2) is 5.96 Å². The lowest BCUT2D eigenvalue weighted by Crippen LogP contribution is -2.38. The summed E-state index contributed by atoms with van der Waals surface area (Å²) in [5.74, 6) is 1.68. The van der Waals surface area contributed by atoms with E-state index in [0.717, 1.165) is 48.9 Å². The van der Waals surface area contributed by atoms with Crippen LogP contribution in [-0.4, -0.2) is 28.8 Å². The molecule has 0 unspecified atom stereocenters. The fraction of sp³-hybridized carbons (Fsp3) is 0.304. The Kier molecular flexibility index (Phi) is 10.8. The summed E-state index contributed by atoms with van der Waals surface area (Å²) in [6, 6.07) is 20.2. The van der Waals surface area contributed by atoms with Crippen LogP contribution in [0.5, 0.6) is 5.75 Å². The van der Waals surface area contributed by atoms with Crippen molar-refractivity contribution in [3.8, 4) is 5.75 Å². The second kappa shape index (κ2) is 13.6. The minimum Gasteiger partial charge on any atom is -0.489 e. The number of guanidine groups is 1. The second-order valence-corrected chi connectivity index (χ2v) is 6.63. The number of halogens is 1. The lowest BCUT2D eigenvalue weighted by atomic mass is 10.2. The summed E-state index contributed by atoms with van der Waals surface area (Å²) >= 11 is 0. The van der Waals surface area contributed by atoms with Crippen molar-refractivity contribution in [1.82, 2.24) is 20.4 Å². The minimum atomic E-state index is 0. The Hall–Kier alpha value is -2.55. The molecule has 0 spiro atoms. The molecule has 1 heterocycles. The van der Waals surface area contributed by atoms with Crippen molar-refractivity contribution in [2.24, 2.45) is 4.99 Å². The maximum atomic E-state index is 6.04. The van der Waals surface area contributed by atoms with Gasteiger partial charge in [0.2, 0.25) is 0 Å². The highest BCUT2D eigenvalue weighted by Gasteiger charge is 2.04. The largest absolute Gasteiger partial charge is 0.489 e. The number of ether oxygens (including phenoxy) is 1. The fourth-order valence-corrected chi connectivity index (χ4v) is 2.90. The summed E-state index contributed by atoms with van der Waals surface area (Å²) in [6.07, 6.45) is 4.75. The molecular formula is C23H30IN5O. The van der Waals surface area contributed by atoms with E-state index in [4.69, 9.17) is 9.73 Å². The number of rotatable bonds is 10. The van der Waals surface area contributed by atoms with E-state index in [9.17, 15) is 0 Å². The standard InChI is InChI=1S/C23H29N5O.HI/c1-2-24-23(25-14-8-16-28-17-9-15-27-28)26-18-21-12-6-7-13-22(21)29-19-20-10-4-3-5-11-20;/h3-7,9-13,15,17H,2,8,14,16,18-19H2,1H3,(H2,24,25,26);1H. The van der Waals surface area contributed by atoms with Crippen LogP contribution in [0, 0.1) is 0 Å². The van der Waals surface area contributed by atoms with E-state index >= 15 is 0 Å². The van der Waals surface area contributed by atoms with Gasteiger partial charge in [0.25, 0.3) is 0 Å². The second-order valence-electron chi connectivity index (χ2n) is 6.63. The Balaban J connectivity index is 0.00000320. The molecule has 0 aliphatic carbocycles. The van der Waals surface area contributed by atoms with E-state index in [0.29, 0.717) is 13.2 Å². The zero-order valence-corrected chi connectivity index (χ0v) is 19.7. The first-order valence-electron chi connectivity index (χ1n) is 10.1. The van der Waals surface area contributed by atoms with Gasteiger partial charge >= 0.3 is 0 Å². The van der Waals surface area contributed by atoms with Gasteiger partial charge in [-0.25, -0.2) is 4.99 Å². The van der Waals surface area contributed by atoms with Crippen LogP contribution < -0.4 is 15.4 Å². The van der Waals surface area contributed by atoms with Crippen LogP contribution in [0.2, 0.25) is 0 Å². The number of benzene rings is 2. The van der Waals surface area contributed by atoms with Gasteiger partial charge in [0.05, 0.1) is 6.54 Å². The van der Waals surface area contributed by atoms with Crippen molar-refractivity contribution < 1.29 is 4.74 Å². The molecule has 0 saturated heterocycles. The fourth-order valence-electron chi connectivity index (χ4n) is 2.90. The molecule has 0 saturated carbocycles. The highest BCUT2D eigenvalue weighted by molar-refractivity contribution is 14.0. The number of aliphatic imine (C=N–C) groups is 1. The Morgan fingerprint density at radius 1 is 1.03 bits per heavy atom. The van der Waals surface area contributed by atoms with Gasteiger partial charge in [0.1, 0.15) is 12.4 Å². The summed E-state index contributed by atoms with van der Waals surface area (Å²) < 4.78 is 7.97. The topological polar surface area (TPSA) is 63.5 Å². The number of nitrogens with one attached hydrogen (secondary N) is 2. The molecule has 0 bridgehead atoms. The number of hydrogen-bond acceptors (Lipinski definition) is 3. The normalized spacial score (nSPS) is 10.9. The number of aryl methyl sites for hydroxylation is 1. The van der Waals surface area contributed by atoms with Gasteiger partial charge in [-0.3, -0.25) is 4.68 Å². The molecule has 0 amide bonds. The van der Waals surface area contributed by atoms with Gasteiger partial charge in [-0.2, -0.15) is 5.10 Å². The van der Waals surface area contributed by atoms with E-state index in [1.807, 2.05) is 53.3 Å². The molecular weight excluding hydrogens is 489 g/mol. The number of hydrogen-bond donors (Lipinski definition) is 2. The van der Waals surface area contributed by atoms with Gasteiger partial charge in [-0.05, 0) is 31.0 Å². The first-order valence-corrected chi connectivity index (χ1v) is 10.1. The molecule has 3 rings (SSSR count). The molecule has 0 atom stereocenters. The third-order valence-corrected chi connectivity index (χ3v) is 4.38. The highest BCUT2D eigenvalue weighted by Crippen LogP contribution is 2.20. The molecule has 6 nitrogen and oxygen atoms in total. The Bertz CT molecular complexity index is 868. The maximum Gasteiger partial charge on any atom is 0.191 e. The smallest absolute Gasteiger partial charge is 0.191 e. The zero-order chi connectivity index (χ0) is 20.2. The predicted octanol–water partition coefficient (Wildman–Crippen LogP) is 4.23. The van der Waals surface area contributed by atoms with E-state index in [2.05, 4.69) is 40.9 Å². The third kappa shape index (κ3) is 8.06. The molecule has 2 aromatic carbocycles. The monoisotopic (exact) mass is 519 g/mol. The average molecular weight is 519 g/mol.